The van der Waals surface area contributed by atoms with Crippen molar-refractivity contribution in [3.8, 4) is 0 Å². The molecule has 0 aliphatic rings. The first kappa shape index (κ1) is 27.1. The second kappa shape index (κ2) is 11.9. The zero-order valence-corrected chi connectivity index (χ0v) is 18.9. The Hall–Kier alpha value is -1.91. The number of nitrogens with one attached hydrogen (secondary N) is 1. The van der Waals surface area contributed by atoms with E-state index in [9.17, 15) is 25.6 Å². The third-order valence-electron chi connectivity index (χ3n) is 3.34. The van der Waals surface area contributed by atoms with E-state index in [2.05, 4.69) is 15.4 Å². The number of hydrogen-bond acceptors (Lipinski definition) is 5. The van der Waals surface area contributed by atoms with E-state index in [-0.39, 0.29) is 23.1 Å². The van der Waals surface area contributed by atoms with Crippen molar-refractivity contribution in [2.75, 3.05) is 22.0 Å². The molecule has 2 aromatic rings. The van der Waals surface area contributed by atoms with Gasteiger partial charge in [0, 0.05) is 22.1 Å². The second-order valence-electron chi connectivity index (χ2n) is 5.81. The molecule has 0 aliphatic heterocycles. The van der Waals surface area contributed by atoms with Crippen molar-refractivity contribution in [1.29, 1.82) is 0 Å². The molecule has 0 amide bonds. The molecule has 0 fully saturated rings. The summed E-state index contributed by atoms with van der Waals surface area (Å²) >= 11 is 0. The second-order valence-corrected chi connectivity index (χ2v) is 10.9. The Kier molecular flexibility index (Phi) is 11.2. The summed E-state index contributed by atoms with van der Waals surface area (Å²) in [5.41, 5.74) is 7.37. The van der Waals surface area contributed by atoms with Crippen LogP contribution in [0.3, 0.4) is 0 Å². The highest BCUT2D eigenvalue weighted by atomic mass is 35.7. The first-order valence-electron chi connectivity index (χ1n) is 8.41. The maximum Gasteiger partial charge on any atom is 0.232 e. The van der Waals surface area contributed by atoms with Crippen LogP contribution < -0.4 is 10.5 Å². The van der Waals surface area contributed by atoms with Crippen molar-refractivity contribution in [2.24, 2.45) is 0 Å². The lowest BCUT2D eigenvalue weighted by molar-refractivity contribution is 0.601. The molecule has 0 atom stereocenters. The minimum atomic E-state index is -3.27. The number of benzene rings is 2. The number of sulfonamides is 1. The first-order chi connectivity index (χ1) is 13.2. The number of hydrogen-bond donors (Lipinski definition) is 2. The summed E-state index contributed by atoms with van der Waals surface area (Å²) < 4.78 is 69.5. The third-order valence-corrected chi connectivity index (χ3v) is 5.99. The summed E-state index contributed by atoms with van der Waals surface area (Å²) in [5.74, 6) is -0.536. The fraction of sp³-hybridized carbons (Fsp3) is 0.333. The smallest absolute Gasteiger partial charge is 0.232 e. The summed E-state index contributed by atoms with van der Waals surface area (Å²) in [4.78, 5) is 0. The molecular formula is C18H25ClF2N2O4S2. The molecule has 0 spiro atoms. The van der Waals surface area contributed by atoms with Gasteiger partial charge >= 0.3 is 0 Å². The Bertz CT molecular complexity index is 1010. The molecule has 0 bridgehead atoms. The van der Waals surface area contributed by atoms with Crippen molar-refractivity contribution in [1.82, 2.24) is 0 Å². The molecule has 0 heterocycles. The van der Waals surface area contributed by atoms with Crippen molar-refractivity contribution in [3.05, 3.63) is 59.2 Å². The Morgan fingerprint density at radius 1 is 0.897 bits per heavy atom. The van der Waals surface area contributed by atoms with E-state index in [1.807, 2.05) is 0 Å². The first-order valence-corrected chi connectivity index (χ1v) is 12.5. The van der Waals surface area contributed by atoms with Crippen LogP contribution in [0.1, 0.15) is 25.0 Å². The van der Waals surface area contributed by atoms with Crippen LogP contribution in [-0.4, -0.2) is 28.3 Å². The Morgan fingerprint density at radius 3 is 1.69 bits per heavy atom. The highest BCUT2D eigenvalue weighted by Crippen LogP contribution is 2.14. The zero-order chi connectivity index (χ0) is 22.8. The van der Waals surface area contributed by atoms with Crippen LogP contribution in [0.2, 0.25) is 0 Å². The van der Waals surface area contributed by atoms with Crippen molar-refractivity contribution in [2.45, 2.75) is 27.7 Å². The molecule has 0 saturated carbocycles. The number of anilines is 2. The van der Waals surface area contributed by atoms with E-state index in [0.29, 0.717) is 22.5 Å². The van der Waals surface area contributed by atoms with E-state index in [0.717, 1.165) is 0 Å². The lowest BCUT2D eigenvalue weighted by Gasteiger charge is -2.06. The Labute approximate surface area is 175 Å². The largest absolute Gasteiger partial charge is 0.399 e. The van der Waals surface area contributed by atoms with Crippen LogP contribution in [0.25, 0.3) is 0 Å². The van der Waals surface area contributed by atoms with Crippen LogP contribution in [0.5, 0.6) is 0 Å². The lowest BCUT2D eigenvalue weighted by Crippen LogP contribution is -2.14. The SMILES string of the molecule is CCS(=O)(=O)Cl.CCS(=O)(=O)Nc1ccc(F)c(C)c1.Cc1cc(N)ccc1F. The number of nitrogen functional groups attached to an aromatic ring is 1. The molecule has 0 aliphatic carbocycles. The number of nitrogens with two attached hydrogens (primary N) is 1. The van der Waals surface area contributed by atoms with Crippen LogP contribution >= 0.6 is 10.7 Å². The summed E-state index contributed by atoms with van der Waals surface area (Å²) in [5, 5.41) is 0. The molecule has 2 aromatic carbocycles. The van der Waals surface area contributed by atoms with Gasteiger partial charge in [0.2, 0.25) is 19.1 Å². The van der Waals surface area contributed by atoms with Gasteiger partial charge in [0.15, 0.2) is 0 Å². The van der Waals surface area contributed by atoms with Gasteiger partial charge in [-0.3, -0.25) is 4.72 Å². The number of aryl methyl sites for hydroxylation is 2. The van der Waals surface area contributed by atoms with E-state index in [1.165, 1.54) is 31.2 Å². The van der Waals surface area contributed by atoms with Crippen molar-refractivity contribution < 1.29 is 25.6 Å². The predicted molar refractivity (Wildman–Crippen MR) is 115 cm³/mol. The van der Waals surface area contributed by atoms with Crippen LogP contribution in [0.4, 0.5) is 20.2 Å². The highest BCUT2D eigenvalue weighted by Gasteiger charge is 2.07. The van der Waals surface area contributed by atoms with Crippen LogP contribution in [-0.2, 0) is 19.1 Å². The van der Waals surface area contributed by atoms with Gasteiger partial charge in [0.25, 0.3) is 0 Å². The molecular weight excluding hydrogens is 446 g/mol. The summed E-state index contributed by atoms with van der Waals surface area (Å²) in [6.07, 6.45) is 0. The molecule has 3 N–H and O–H groups in total. The van der Waals surface area contributed by atoms with Gasteiger partial charge in [-0.2, -0.15) is 0 Å². The zero-order valence-electron chi connectivity index (χ0n) is 16.5. The van der Waals surface area contributed by atoms with Gasteiger partial charge in [-0.15, -0.1) is 0 Å². The molecule has 0 radical (unpaired) electrons. The maximum atomic E-state index is 12.8. The number of rotatable bonds is 4. The van der Waals surface area contributed by atoms with Crippen molar-refractivity contribution >= 4 is 41.1 Å². The fourth-order valence-electron chi connectivity index (χ4n) is 1.63. The van der Waals surface area contributed by atoms with E-state index in [1.54, 1.807) is 32.9 Å². The average Bonchev–Trinajstić information content (AvgIpc) is 2.62. The summed E-state index contributed by atoms with van der Waals surface area (Å²) in [7, 11) is -1.77. The van der Waals surface area contributed by atoms with E-state index < -0.39 is 19.1 Å². The predicted octanol–water partition coefficient (Wildman–Crippen LogP) is 4.19. The minimum Gasteiger partial charge on any atom is -0.399 e. The van der Waals surface area contributed by atoms with Gasteiger partial charge in [0.1, 0.15) is 11.6 Å². The Morgan fingerprint density at radius 2 is 1.34 bits per heavy atom. The highest BCUT2D eigenvalue weighted by molar-refractivity contribution is 8.13. The normalized spacial score (nSPS) is 10.9. The monoisotopic (exact) mass is 470 g/mol. The quantitative estimate of drug-likeness (QED) is 0.514. The van der Waals surface area contributed by atoms with Gasteiger partial charge in [-0.1, -0.05) is 6.92 Å². The summed E-state index contributed by atoms with van der Waals surface area (Å²) in [6.45, 7) is 6.30. The number of halogens is 3. The van der Waals surface area contributed by atoms with Crippen LogP contribution in [0.15, 0.2) is 36.4 Å². The molecule has 6 nitrogen and oxygen atoms in total. The van der Waals surface area contributed by atoms with Crippen molar-refractivity contribution in [3.63, 3.8) is 0 Å². The maximum absolute atomic E-state index is 12.8. The van der Waals surface area contributed by atoms with Gasteiger partial charge in [-0.25, -0.2) is 25.6 Å². The Balaban J connectivity index is 0.000000448. The van der Waals surface area contributed by atoms with Gasteiger partial charge < -0.3 is 5.73 Å². The van der Waals surface area contributed by atoms with E-state index >= 15 is 0 Å². The summed E-state index contributed by atoms with van der Waals surface area (Å²) in [6, 6.07) is 8.61. The minimum absolute atomic E-state index is 0.00340. The van der Waals surface area contributed by atoms with Crippen LogP contribution in [0, 0.1) is 25.5 Å². The average molecular weight is 471 g/mol. The molecule has 164 valence electrons. The molecule has 0 aromatic heterocycles. The fourth-order valence-corrected chi connectivity index (χ4v) is 2.26. The topological polar surface area (TPSA) is 106 Å². The molecule has 2 rings (SSSR count). The third kappa shape index (κ3) is 12.3. The molecule has 0 unspecified atom stereocenters. The lowest BCUT2D eigenvalue weighted by atomic mass is 10.2. The molecule has 0 saturated heterocycles. The van der Waals surface area contributed by atoms with E-state index in [4.69, 9.17) is 5.73 Å². The molecule has 11 heteroatoms. The van der Waals surface area contributed by atoms with Gasteiger partial charge in [-0.05, 0) is 68.3 Å². The standard InChI is InChI=1S/C9H12FNO2S.C7H8FN.C2H5ClO2S/c1-3-14(12,13)11-8-4-5-9(10)7(2)6-8;1-5-4-6(9)2-3-7(5)8;1-2-6(3,4)5/h4-6,11H,3H2,1-2H3;2-4H,9H2,1H3;2H2,1H3. The molecule has 29 heavy (non-hydrogen) atoms. The van der Waals surface area contributed by atoms with Gasteiger partial charge in [0.05, 0.1) is 11.5 Å².